The Bertz CT molecular complexity index is 173. The van der Waals surface area contributed by atoms with Crippen LogP contribution in [0.3, 0.4) is 0 Å². The average molecular weight is 210 g/mol. The summed E-state index contributed by atoms with van der Waals surface area (Å²) in [7, 11) is 1.25. The Hall–Kier alpha value is -0.320. The second kappa shape index (κ2) is 5.42. The monoisotopic (exact) mass is 209 g/mol. The lowest BCUT2D eigenvalue weighted by Crippen LogP contribution is -2.41. The number of carbonyl (C=O) groups is 1. The van der Waals surface area contributed by atoms with Crippen LogP contribution >= 0.6 is 12.4 Å². The molecule has 0 radical (unpaired) electrons. The van der Waals surface area contributed by atoms with Gasteiger partial charge in [0.2, 0.25) is 0 Å². The van der Waals surface area contributed by atoms with Crippen molar-refractivity contribution in [1.82, 2.24) is 0 Å². The van der Waals surface area contributed by atoms with Crippen LogP contribution in [0, 0.1) is 5.92 Å². The highest BCUT2D eigenvalue weighted by atomic mass is 35.5. The van der Waals surface area contributed by atoms with Crippen LogP contribution < -0.4 is 5.73 Å². The van der Waals surface area contributed by atoms with E-state index in [0.717, 1.165) is 6.42 Å². The van der Waals surface area contributed by atoms with Gasteiger partial charge in [0.1, 0.15) is 0 Å². The summed E-state index contributed by atoms with van der Waals surface area (Å²) in [6.07, 6.45) is 1.90. The fourth-order valence-corrected chi connectivity index (χ4v) is 1.16. The third-order valence-corrected chi connectivity index (χ3v) is 2.15. The lowest BCUT2D eigenvalue weighted by atomic mass is 10.1. The molecule has 1 aliphatic carbocycles. The fourth-order valence-electron chi connectivity index (χ4n) is 1.16. The van der Waals surface area contributed by atoms with Gasteiger partial charge in [0.05, 0.1) is 7.11 Å². The van der Waals surface area contributed by atoms with Crippen molar-refractivity contribution < 1.29 is 14.6 Å². The Morgan fingerprint density at radius 1 is 1.69 bits per heavy atom. The first-order chi connectivity index (χ1) is 5.65. The summed E-state index contributed by atoms with van der Waals surface area (Å²) in [5.41, 5.74) is 5.58. The Morgan fingerprint density at radius 3 is 2.62 bits per heavy atom. The molecule has 1 saturated carbocycles. The van der Waals surface area contributed by atoms with E-state index in [9.17, 15) is 9.90 Å². The minimum atomic E-state index is -1.16. The molecule has 0 spiro atoms. The summed E-state index contributed by atoms with van der Waals surface area (Å²) >= 11 is 0. The van der Waals surface area contributed by atoms with E-state index in [2.05, 4.69) is 4.74 Å². The first-order valence-corrected chi connectivity index (χ1v) is 4.16. The van der Waals surface area contributed by atoms with Gasteiger partial charge in [-0.1, -0.05) is 12.8 Å². The summed E-state index contributed by atoms with van der Waals surface area (Å²) in [5.74, 6) is -0.0255. The molecule has 13 heavy (non-hydrogen) atoms. The largest absolute Gasteiger partial charge is 0.467 e. The molecule has 0 saturated heterocycles. The first kappa shape index (κ1) is 12.7. The third kappa shape index (κ3) is 3.93. The van der Waals surface area contributed by atoms with E-state index in [1.54, 1.807) is 0 Å². The number of halogens is 1. The molecule has 0 heterocycles. The number of aliphatic hydroxyl groups excluding tert-OH is 1. The molecule has 0 aromatic rings. The molecule has 5 heteroatoms. The van der Waals surface area contributed by atoms with Gasteiger partial charge in [-0.15, -0.1) is 12.4 Å². The quantitative estimate of drug-likeness (QED) is 0.643. The molecule has 0 bridgehead atoms. The van der Waals surface area contributed by atoms with Gasteiger partial charge >= 0.3 is 5.97 Å². The third-order valence-electron chi connectivity index (χ3n) is 2.15. The summed E-state index contributed by atoms with van der Waals surface area (Å²) in [6.45, 7) is 0. The molecular weight excluding hydrogens is 194 g/mol. The van der Waals surface area contributed by atoms with Gasteiger partial charge in [-0.25, -0.2) is 4.79 Å². The van der Waals surface area contributed by atoms with E-state index in [1.165, 1.54) is 20.0 Å². The highest BCUT2D eigenvalue weighted by Crippen LogP contribution is 2.33. The summed E-state index contributed by atoms with van der Waals surface area (Å²) in [4.78, 5) is 10.8. The maximum atomic E-state index is 10.8. The van der Waals surface area contributed by atoms with Gasteiger partial charge in [0.25, 0.3) is 0 Å². The molecule has 1 fully saturated rings. The second-order valence-electron chi connectivity index (χ2n) is 3.31. The normalized spacial score (nSPS) is 19.9. The van der Waals surface area contributed by atoms with Crippen molar-refractivity contribution in [3.63, 3.8) is 0 Å². The fraction of sp³-hybridized carbons (Fsp3) is 0.875. The Labute approximate surface area is 83.9 Å². The van der Waals surface area contributed by atoms with Gasteiger partial charge in [0.15, 0.2) is 6.10 Å². The number of ether oxygens (including phenoxy) is 1. The zero-order chi connectivity index (χ0) is 9.14. The maximum Gasteiger partial charge on any atom is 0.336 e. The molecule has 1 aliphatic rings. The molecule has 0 aromatic heterocycles. The number of rotatable bonds is 4. The number of aliphatic hydroxyl groups is 1. The minimum Gasteiger partial charge on any atom is -0.467 e. The van der Waals surface area contributed by atoms with E-state index in [0.29, 0.717) is 5.92 Å². The van der Waals surface area contributed by atoms with Crippen LogP contribution in [-0.2, 0) is 9.53 Å². The van der Waals surface area contributed by atoms with Gasteiger partial charge < -0.3 is 15.6 Å². The molecule has 2 atom stereocenters. The molecule has 0 amide bonds. The molecule has 4 nitrogen and oxygen atoms in total. The first-order valence-electron chi connectivity index (χ1n) is 4.16. The predicted molar refractivity (Wildman–Crippen MR) is 50.6 cm³/mol. The van der Waals surface area contributed by atoms with Crippen LogP contribution in [0.25, 0.3) is 0 Å². The Balaban J connectivity index is 0.00000144. The van der Waals surface area contributed by atoms with Crippen molar-refractivity contribution in [2.45, 2.75) is 31.4 Å². The van der Waals surface area contributed by atoms with E-state index in [4.69, 9.17) is 5.73 Å². The second-order valence-corrected chi connectivity index (χ2v) is 3.31. The van der Waals surface area contributed by atoms with Crippen LogP contribution in [-0.4, -0.2) is 30.3 Å². The van der Waals surface area contributed by atoms with Gasteiger partial charge in [-0.05, 0) is 12.3 Å². The summed E-state index contributed by atoms with van der Waals surface area (Å²) in [6, 6.07) is -0.468. The molecule has 1 rings (SSSR count). The van der Waals surface area contributed by atoms with Crippen LogP contribution in [0.2, 0.25) is 0 Å². The Kier molecular flexibility index (Phi) is 5.29. The van der Waals surface area contributed by atoms with Crippen molar-refractivity contribution >= 4 is 18.4 Å². The smallest absolute Gasteiger partial charge is 0.336 e. The van der Waals surface area contributed by atoms with Crippen molar-refractivity contribution in [3.8, 4) is 0 Å². The van der Waals surface area contributed by atoms with E-state index >= 15 is 0 Å². The lowest BCUT2D eigenvalue weighted by Gasteiger charge is -2.15. The predicted octanol–water partition coefficient (Wildman–Crippen LogP) is 0.0695. The van der Waals surface area contributed by atoms with Crippen molar-refractivity contribution in [1.29, 1.82) is 0 Å². The number of hydrogen-bond donors (Lipinski definition) is 2. The highest BCUT2D eigenvalue weighted by Gasteiger charge is 2.30. The topological polar surface area (TPSA) is 72.5 Å². The molecule has 0 aliphatic heterocycles. The average Bonchev–Trinajstić information content (AvgIpc) is 2.85. The zero-order valence-electron chi connectivity index (χ0n) is 7.60. The van der Waals surface area contributed by atoms with Gasteiger partial charge in [-0.3, -0.25) is 0 Å². The number of hydrogen-bond acceptors (Lipinski definition) is 4. The number of methoxy groups -OCH3 is 1. The van der Waals surface area contributed by atoms with Crippen molar-refractivity contribution in [3.05, 3.63) is 0 Å². The standard InChI is InChI=1S/C8H15NO3.ClH/c1-12-8(11)7(10)6(9)4-5-2-3-5;/h5-7,10H,2-4,9H2,1H3;1H. The van der Waals surface area contributed by atoms with Gasteiger partial charge in [0, 0.05) is 6.04 Å². The van der Waals surface area contributed by atoms with E-state index in [-0.39, 0.29) is 12.4 Å². The zero-order valence-corrected chi connectivity index (χ0v) is 8.42. The SMILES string of the molecule is COC(=O)C(O)C(N)CC1CC1.Cl. The summed E-state index contributed by atoms with van der Waals surface area (Å²) < 4.78 is 4.37. The molecular formula is C8H16ClNO3. The van der Waals surface area contributed by atoms with E-state index in [1.807, 2.05) is 0 Å². The van der Waals surface area contributed by atoms with Gasteiger partial charge in [-0.2, -0.15) is 0 Å². The van der Waals surface area contributed by atoms with Crippen LogP contribution in [0.5, 0.6) is 0 Å². The lowest BCUT2D eigenvalue weighted by molar-refractivity contribution is -0.151. The van der Waals surface area contributed by atoms with Crippen LogP contribution in [0.1, 0.15) is 19.3 Å². The minimum absolute atomic E-state index is 0. The van der Waals surface area contributed by atoms with Crippen molar-refractivity contribution in [2.75, 3.05) is 7.11 Å². The molecule has 78 valence electrons. The number of nitrogens with two attached hydrogens (primary N) is 1. The number of esters is 1. The highest BCUT2D eigenvalue weighted by molar-refractivity contribution is 5.85. The van der Waals surface area contributed by atoms with Crippen molar-refractivity contribution in [2.24, 2.45) is 11.7 Å². The molecule has 3 N–H and O–H groups in total. The van der Waals surface area contributed by atoms with Crippen LogP contribution in [0.4, 0.5) is 0 Å². The molecule has 0 aromatic carbocycles. The Morgan fingerprint density at radius 2 is 2.23 bits per heavy atom. The summed E-state index contributed by atoms with van der Waals surface area (Å²) in [5, 5.41) is 9.26. The maximum absolute atomic E-state index is 10.8. The van der Waals surface area contributed by atoms with Crippen LogP contribution in [0.15, 0.2) is 0 Å². The van der Waals surface area contributed by atoms with E-state index < -0.39 is 18.1 Å². The number of carbonyl (C=O) groups excluding carboxylic acids is 1. The molecule has 2 unspecified atom stereocenters.